The third-order valence-corrected chi connectivity index (χ3v) is 3.39. The molecule has 1 N–H and O–H groups in total. The fourth-order valence-electron chi connectivity index (χ4n) is 1.90. The van der Waals surface area contributed by atoms with E-state index in [-0.39, 0.29) is 11.3 Å². The first-order chi connectivity index (χ1) is 9.89. The van der Waals surface area contributed by atoms with Crippen molar-refractivity contribution in [3.05, 3.63) is 39.9 Å². The van der Waals surface area contributed by atoms with Crippen LogP contribution in [0.4, 0.5) is 10.5 Å². The second kappa shape index (κ2) is 5.31. The molecular weight excluding hydrogens is 276 g/mol. The van der Waals surface area contributed by atoms with Crippen molar-refractivity contribution in [1.29, 1.82) is 0 Å². The largest absolute Gasteiger partial charge is 0.346 e. The molecule has 1 aliphatic heterocycles. The molecule has 0 bridgehead atoms. The Morgan fingerprint density at radius 3 is 2.67 bits per heavy atom. The summed E-state index contributed by atoms with van der Waals surface area (Å²) in [6, 6.07) is 5.30. The van der Waals surface area contributed by atoms with Crippen LogP contribution in [-0.2, 0) is 4.79 Å². The quantitative estimate of drug-likeness (QED) is 0.394. The van der Waals surface area contributed by atoms with Crippen molar-refractivity contribution in [3.8, 4) is 0 Å². The summed E-state index contributed by atoms with van der Waals surface area (Å²) in [5.74, 6) is -0.482. The molecule has 0 saturated carbocycles. The average molecular weight is 290 g/mol. The third-order valence-electron chi connectivity index (χ3n) is 3.39. The van der Waals surface area contributed by atoms with Crippen molar-refractivity contribution >= 4 is 23.8 Å². The normalized spacial score (nSPS) is 21.9. The van der Waals surface area contributed by atoms with Gasteiger partial charge < -0.3 is 5.32 Å². The first-order valence-electron chi connectivity index (χ1n) is 6.33. The number of nitro benzene ring substituents is 1. The topological polar surface area (TPSA) is 105 Å². The van der Waals surface area contributed by atoms with Gasteiger partial charge in [0.05, 0.1) is 16.7 Å². The van der Waals surface area contributed by atoms with E-state index in [0.717, 1.165) is 6.21 Å². The zero-order valence-electron chi connectivity index (χ0n) is 11.6. The Labute approximate surface area is 120 Å². The van der Waals surface area contributed by atoms with Crippen molar-refractivity contribution in [3.63, 3.8) is 0 Å². The molecule has 8 nitrogen and oxygen atoms in total. The van der Waals surface area contributed by atoms with Crippen LogP contribution in [0.5, 0.6) is 0 Å². The predicted molar refractivity (Wildman–Crippen MR) is 74.8 cm³/mol. The SMILES string of the molecule is CC[C@@]1(C)NC(=O)N(/N=C\c2ccccc2[N+](=O)[O-])C1=O. The Bertz CT molecular complexity index is 643. The lowest BCUT2D eigenvalue weighted by Gasteiger charge is -2.17. The Kier molecular flexibility index (Phi) is 3.70. The fraction of sp³-hybridized carbons (Fsp3) is 0.308. The van der Waals surface area contributed by atoms with E-state index in [1.165, 1.54) is 18.2 Å². The minimum atomic E-state index is -0.989. The zero-order chi connectivity index (χ0) is 15.6. The highest BCUT2D eigenvalue weighted by molar-refractivity contribution is 6.07. The maximum absolute atomic E-state index is 12.1. The molecule has 3 amide bonds. The molecule has 1 atom stereocenters. The molecule has 21 heavy (non-hydrogen) atoms. The van der Waals surface area contributed by atoms with E-state index in [4.69, 9.17) is 0 Å². The van der Waals surface area contributed by atoms with Gasteiger partial charge in [-0.05, 0) is 19.4 Å². The summed E-state index contributed by atoms with van der Waals surface area (Å²) in [5.41, 5.74) is -0.920. The number of nitro groups is 1. The lowest BCUT2D eigenvalue weighted by molar-refractivity contribution is -0.385. The molecule has 0 unspecified atom stereocenters. The van der Waals surface area contributed by atoms with Crippen molar-refractivity contribution in [1.82, 2.24) is 10.3 Å². The minimum Gasteiger partial charge on any atom is -0.322 e. The van der Waals surface area contributed by atoms with Crippen LogP contribution in [-0.4, -0.2) is 33.6 Å². The summed E-state index contributed by atoms with van der Waals surface area (Å²) in [5, 5.41) is 17.9. The van der Waals surface area contributed by atoms with Crippen LogP contribution >= 0.6 is 0 Å². The number of nitrogens with one attached hydrogen (secondary N) is 1. The number of carbonyl (C=O) groups is 2. The van der Waals surface area contributed by atoms with Gasteiger partial charge in [0, 0.05) is 6.07 Å². The van der Waals surface area contributed by atoms with Gasteiger partial charge in [-0.15, -0.1) is 5.01 Å². The smallest absolute Gasteiger partial charge is 0.322 e. The number of para-hydroxylation sites is 1. The van der Waals surface area contributed by atoms with E-state index < -0.39 is 22.4 Å². The standard InChI is InChI=1S/C13H14N4O4/c1-3-13(2)11(18)16(12(19)15-13)14-8-9-6-4-5-7-10(9)17(20)21/h4-8H,3H2,1-2H3,(H,15,19)/b14-8-/t13-/m1/s1. The monoisotopic (exact) mass is 290 g/mol. The Morgan fingerprint density at radius 1 is 1.43 bits per heavy atom. The van der Waals surface area contributed by atoms with E-state index in [2.05, 4.69) is 10.4 Å². The summed E-state index contributed by atoms with van der Waals surface area (Å²) >= 11 is 0. The predicted octanol–water partition coefficient (Wildman–Crippen LogP) is 1.65. The number of hydrazone groups is 1. The van der Waals surface area contributed by atoms with Crippen LogP contribution in [0.1, 0.15) is 25.8 Å². The van der Waals surface area contributed by atoms with Crippen molar-refractivity contribution in [2.75, 3.05) is 0 Å². The maximum atomic E-state index is 12.1. The van der Waals surface area contributed by atoms with Crippen LogP contribution in [0.3, 0.4) is 0 Å². The number of hydrogen-bond donors (Lipinski definition) is 1. The van der Waals surface area contributed by atoms with Gasteiger partial charge in [0.2, 0.25) is 0 Å². The molecule has 0 spiro atoms. The van der Waals surface area contributed by atoms with E-state index in [1.54, 1.807) is 19.9 Å². The first-order valence-corrected chi connectivity index (χ1v) is 6.33. The van der Waals surface area contributed by atoms with Gasteiger partial charge in [-0.25, -0.2) is 4.79 Å². The summed E-state index contributed by atoms with van der Waals surface area (Å²) in [7, 11) is 0. The van der Waals surface area contributed by atoms with Gasteiger partial charge >= 0.3 is 6.03 Å². The Balaban J connectivity index is 2.29. The fourth-order valence-corrected chi connectivity index (χ4v) is 1.90. The number of rotatable bonds is 4. The van der Waals surface area contributed by atoms with Crippen molar-refractivity contribution in [2.24, 2.45) is 5.10 Å². The maximum Gasteiger partial charge on any atom is 0.346 e. The van der Waals surface area contributed by atoms with Crippen LogP contribution in [0.15, 0.2) is 29.4 Å². The number of urea groups is 1. The first kappa shape index (κ1) is 14.6. The van der Waals surface area contributed by atoms with E-state index in [9.17, 15) is 19.7 Å². The van der Waals surface area contributed by atoms with E-state index in [0.29, 0.717) is 11.4 Å². The summed E-state index contributed by atoms with van der Waals surface area (Å²) in [6.07, 6.45) is 1.56. The number of amides is 3. The highest BCUT2D eigenvalue weighted by atomic mass is 16.6. The molecular formula is C13H14N4O4. The zero-order valence-corrected chi connectivity index (χ0v) is 11.6. The van der Waals surface area contributed by atoms with Crippen LogP contribution in [0, 0.1) is 10.1 Å². The lowest BCUT2D eigenvalue weighted by Crippen LogP contribution is -2.42. The average Bonchev–Trinajstić information content (AvgIpc) is 2.68. The van der Waals surface area contributed by atoms with E-state index in [1.807, 2.05) is 0 Å². The third kappa shape index (κ3) is 2.60. The minimum absolute atomic E-state index is 0.147. The molecule has 1 aromatic carbocycles. The van der Waals surface area contributed by atoms with Gasteiger partial charge in [0.1, 0.15) is 5.54 Å². The summed E-state index contributed by atoms with van der Waals surface area (Å²) in [4.78, 5) is 34.2. The molecule has 1 aliphatic rings. The molecule has 1 fully saturated rings. The molecule has 1 saturated heterocycles. The van der Waals surface area contributed by atoms with Crippen molar-refractivity contribution < 1.29 is 14.5 Å². The van der Waals surface area contributed by atoms with Gasteiger partial charge in [-0.1, -0.05) is 19.1 Å². The number of nitrogens with zero attached hydrogens (tertiary/aromatic N) is 3. The molecule has 1 heterocycles. The number of benzene rings is 1. The Hall–Kier alpha value is -2.77. The molecule has 0 radical (unpaired) electrons. The van der Waals surface area contributed by atoms with Crippen LogP contribution in [0.2, 0.25) is 0 Å². The number of carbonyl (C=O) groups excluding carboxylic acids is 2. The van der Waals surface area contributed by atoms with Gasteiger partial charge in [0.15, 0.2) is 0 Å². The number of hydrogen-bond acceptors (Lipinski definition) is 5. The van der Waals surface area contributed by atoms with Gasteiger partial charge in [0.25, 0.3) is 11.6 Å². The Morgan fingerprint density at radius 2 is 2.10 bits per heavy atom. The van der Waals surface area contributed by atoms with Crippen LogP contribution in [0.25, 0.3) is 0 Å². The molecule has 8 heteroatoms. The molecule has 0 aromatic heterocycles. The lowest BCUT2D eigenvalue weighted by atomic mass is 10.00. The second-order valence-electron chi connectivity index (χ2n) is 4.79. The van der Waals surface area contributed by atoms with Gasteiger partial charge in [-0.2, -0.15) is 5.10 Å². The van der Waals surface area contributed by atoms with Crippen LogP contribution < -0.4 is 5.32 Å². The molecule has 0 aliphatic carbocycles. The summed E-state index contributed by atoms with van der Waals surface area (Å²) in [6.45, 7) is 3.38. The molecule has 1 aromatic rings. The number of imide groups is 1. The van der Waals surface area contributed by atoms with E-state index >= 15 is 0 Å². The highest BCUT2D eigenvalue weighted by Crippen LogP contribution is 2.21. The summed E-state index contributed by atoms with van der Waals surface area (Å²) < 4.78 is 0. The molecule has 2 rings (SSSR count). The van der Waals surface area contributed by atoms with Gasteiger partial charge in [-0.3, -0.25) is 14.9 Å². The second-order valence-corrected chi connectivity index (χ2v) is 4.79. The highest BCUT2D eigenvalue weighted by Gasteiger charge is 2.46. The van der Waals surface area contributed by atoms with Crippen molar-refractivity contribution in [2.45, 2.75) is 25.8 Å². The molecule has 110 valence electrons.